The maximum absolute atomic E-state index is 12.7. The maximum atomic E-state index is 12.7. The van der Waals surface area contributed by atoms with E-state index in [4.69, 9.17) is 20.8 Å². The molecule has 0 saturated carbocycles. The number of nitrogens with zero attached hydrogens (tertiary/aromatic N) is 3. The van der Waals surface area contributed by atoms with E-state index in [2.05, 4.69) is 20.3 Å². The lowest BCUT2D eigenvalue weighted by atomic mass is 10.2. The first kappa shape index (κ1) is 23.5. The van der Waals surface area contributed by atoms with Crippen molar-refractivity contribution in [1.29, 1.82) is 0 Å². The van der Waals surface area contributed by atoms with Gasteiger partial charge in [-0.05, 0) is 31.4 Å². The summed E-state index contributed by atoms with van der Waals surface area (Å²) in [6.45, 7) is 0.849. The lowest BCUT2D eigenvalue weighted by molar-refractivity contribution is -0.137. The van der Waals surface area contributed by atoms with Gasteiger partial charge in [-0.3, -0.25) is 4.79 Å². The number of esters is 1. The van der Waals surface area contributed by atoms with Crippen LogP contribution in [0.15, 0.2) is 40.1 Å². The van der Waals surface area contributed by atoms with E-state index in [0.29, 0.717) is 28.7 Å². The molecular weight excluding hydrogens is 473 g/mol. The topological polar surface area (TPSA) is 107 Å². The molecule has 0 saturated heterocycles. The summed E-state index contributed by atoms with van der Waals surface area (Å²) in [4.78, 5) is 36.6. The van der Waals surface area contributed by atoms with Crippen molar-refractivity contribution in [3.8, 4) is 11.6 Å². The molecule has 0 aliphatic heterocycles. The van der Waals surface area contributed by atoms with Gasteiger partial charge in [-0.25, -0.2) is 19.7 Å². The van der Waals surface area contributed by atoms with Crippen molar-refractivity contribution in [2.75, 3.05) is 18.2 Å². The van der Waals surface area contributed by atoms with Crippen LogP contribution in [-0.4, -0.2) is 39.7 Å². The standard InChI is InChI=1S/C19H14ClF3N4O4S/c1-9-14(17(32-2)27-16(25-9)12-4-3-5-30-12)18(29)31-8-13(28)26-15-11(20)6-10(7-24-15)19(21,22)23/h3-7H,8H2,1-2H3,(H,24,26,28). The molecule has 0 aliphatic carbocycles. The summed E-state index contributed by atoms with van der Waals surface area (Å²) in [5.41, 5.74) is -0.676. The van der Waals surface area contributed by atoms with Gasteiger partial charge < -0.3 is 14.5 Å². The molecule has 0 aromatic carbocycles. The molecule has 3 rings (SSSR count). The van der Waals surface area contributed by atoms with Crippen molar-refractivity contribution in [3.63, 3.8) is 0 Å². The molecule has 168 valence electrons. The Morgan fingerprint density at radius 1 is 1.31 bits per heavy atom. The second-order valence-corrected chi connectivity index (χ2v) is 7.37. The van der Waals surface area contributed by atoms with Crippen LogP contribution < -0.4 is 5.32 Å². The summed E-state index contributed by atoms with van der Waals surface area (Å²) in [5.74, 6) is -1.28. The molecule has 8 nitrogen and oxygen atoms in total. The van der Waals surface area contributed by atoms with Crippen molar-refractivity contribution in [2.24, 2.45) is 0 Å². The minimum Gasteiger partial charge on any atom is -0.461 e. The molecule has 3 aromatic heterocycles. The number of halogens is 4. The van der Waals surface area contributed by atoms with Crippen LogP contribution in [0.5, 0.6) is 0 Å². The quantitative estimate of drug-likeness (QED) is 0.305. The number of furan rings is 1. The zero-order valence-corrected chi connectivity index (χ0v) is 18.1. The van der Waals surface area contributed by atoms with Crippen molar-refractivity contribution >= 4 is 41.1 Å². The largest absolute Gasteiger partial charge is 0.461 e. The highest BCUT2D eigenvalue weighted by atomic mass is 35.5. The zero-order chi connectivity index (χ0) is 23.5. The number of pyridine rings is 1. The number of hydrogen-bond acceptors (Lipinski definition) is 8. The molecule has 3 aromatic rings. The Kier molecular flexibility index (Phi) is 7.04. The number of nitrogens with one attached hydrogen (secondary N) is 1. The first-order chi connectivity index (χ1) is 15.1. The molecule has 1 amide bonds. The summed E-state index contributed by atoms with van der Waals surface area (Å²) in [7, 11) is 0. The third-order valence-corrected chi connectivity index (χ3v) is 4.93. The molecule has 3 heterocycles. The number of aromatic nitrogens is 3. The van der Waals surface area contributed by atoms with Gasteiger partial charge in [-0.2, -0.15) is 13.2 Å². The van der Waals surface area contributed by atoms with Crippen molar-refractivity contribution in [3.05, 3.63) is 52.5 Å². The first-order valence-electron chi connectivity index (χ1n) is 8.76. The van der Waals surface area contributed by atoms with E-state index in [9.17, 15) is 22.8 Å². The van der Waals surface area contributed by atoms with Crippen LogP contribution in [-0.2, 0) is 15.7 Å². The highest BCUT2D eigenvalue weighted by Gasteiger charge is 2.31. The van der Waals surface area contributed by atoms with E-state index in [-0.39, 0.29) is 17.2 Å². The Hall–Kier alpha value is -3.12. The van der Waals surface area contributed by atoms with Crippen LogP contribution in [0.1, 0.15) is 21.6 Å². The maximum Gasteiger partial charge on any atom is 0.417 e. The predicted molar refractivity (Wildman–Crippen MR) is 109 cm³/mol. The number of carbonyl (C=O) groups is 2. The molecular formula is C19H14ClF3N4O4S. The SMILES string of the molecule is CSc1nc(-c2ccco2)nc(C)c1C(=O)OCC(=O)Nc1ncc(C(F)(F)F)cc1Cl. The number of carbonyl (C=O) groups excluding carboxylic acids is 2. The van der Waals surface area contributed by atoms with Gasteiger partial charge in [-0.15, -0.1) is 11.8 Å². The predicted octanol–water partition coefficient (Wildman–Crippen LogP) is 4.63. The molecule has 0 spiro atoms. The van der Waals surface area contributed by atoms with Gasteiger partial charge in [0, 0.05) is 6.20 Å². The van der Waals surface area contributed by atoms with Gasteiger partial charge in [-0.1, -0.05) is 11.6 Å². The summed E-state index contributed by atoms with van der Waals surface area (Å²) >= 11 is 6.92. The van der Waals surface area contributed by atoms with Gasteiger partial charge >= 0.3 is 12.1 Å². The number of alkyl halides is 3. The Labute approximate surface area is 188 Å². The van der Waals surface area contributed by atoms with E-state index >= 15 is 0 Å². The van der Waals surface area contributed by atoms with Crippen LogP contribution in [0.2, 0.25) is 5.02 Å². The lowest BCUT2D eigenvalue weighted by Crippen LogP contribution is -2.23. The minimum atomic E-state index is -4.63. The van der Waals surface area contributed by atoms with E-state index < -0.39 is 35.2 Å². The van der Waals surface area contributed by atoms with Crippen LogP contribution in [0.25, 0.3) is 11.6 Å². The highest BCUT2D eigenvalue weighted by Crippen LogP contribution is 2.32. The van der Waals surface area contributed by atoms with E-state index in [1.54, 1.807) is 25.3 Å². The number of ether oxygens (including phenoxy) is 1. The van der Waals surface area contributed by atoms with Crippen LogP contribution >= 0.6 is 23.4 Å². The Morgan fingerprint density at radius 3 is 2.66 bits per heavy atom. The summed E-state index contributed by atoms with van der Waals surface area (Å²) in [5, 5.41) is 2.10. The van der Waals surface area contributed by atoms with E-state index in [0.717, 1.165) is 0 Å². The molecule has 0 fully saturated rings. The Bertz CT molecular complexity index is 1160. The number of thioether (sulfide) groups is 1. The van der Waals surface area contributed by atoms with Gasteiger partial charge in [0.2, 0.25) is 0 Å². The smallest absolute Gasteiger partial charge is 0.417 e. The summed E-state index contributed by atoms with van der Waals surface area (Å²) in [6.07, 6.45) is -0.934. The van der Waals surface area contributed by atoms with Crippen LogP contribution in [0, 0.1) is 6.92 Å². The Balaban J connectivity index is 1.69. The van der Waals surface area contributed by atoms with E-state index in [1.165, 1.54) is 18.0 Å². The average molecular weight is 487 g/mol. The number of rotatable bonds is 6. The molecule has 1 N–H and O–H groups in total. The normalized spacial score (nSPS) is 11.3. The number of aryl methyl sites for hydroxylation is 1. The van der Waals surface area contributed by atoms with Crippen molar-refractivity contribution in [1.82, 2.24) is 15.0 Å². The number of anilines is 1. The third-order valence-electron chi connectivity index (χ3n) is 3.96. The zero-order valence-electron chi connectivity index (χ0n) is 16.5. The number of hydrogen-bond donors (Lipinski definition) is 1. The minimum absolute atomic E-state index is 0.0753. The lowest BCUT2D eigenvalue weighted by Gasteiger charge is -2.12. The Morgan fingerprint density at radius 2 is 2.06 bits per heavy atom. The second-order valence-electron chi connectivity index (χ2n) is 6.17. The third kappa shape index (κ3) is 5.37. The summed E-state index contributed by atoms with van der Waals surface area (Å²) in [6, 6.07) is 3.97. The fourth-order valence-electron chi connectivity index (χ4n) is 2.50. The number of amides is 1. The van der Waals surface area contributed by atoms with Gasteiger partial charge in [0.25, 0.3) is 5.91 Å². The molecule has 0 atom stereocenters. The fourth-order valence-corrected chi connectivity index (χ4v) is 3.33. The average Bonchev–Trinajstić information content (AvgIpc) is 3.27. The van der Waals surface area contributed by atoms with Crippen LogP contribution in [0.4, 0.5) is 19.0 Å². The highest BCUT2D eigenvalue weighted by molar-refractivity contribution is 7.98. The van der Waals surface area contributed by atoms with E-state index in [1.807, 2.05) is 0 Å². The van der Waals surface area contributed by atoms with Gasteiger partial charge in [0.15, 0.2) is 24.0 Å². The molecule has 0 radical (unpaired) electrons. The first-order valence-corrected chi connectivity index (χ1v) is 10.4. The fraction of sp³-hybridized carbons (Fsp3) is 0.211. The summed E-state index contributed by atoms with van der Waals surface area (Å²) < 4.78 is 48.3. The van der Waals surface area contributed by atoms with Gasteiger partial charge in [0.05, 0.1) is 22.5 Å². The van der Waals surface area contributed by atoms with Crippen molar-refractivity contribution < 1.29 is 31.9 Å². The second kappa shape index (κ2) is 9.57. The monoisotopic (exact) mass is 486 g/mol. The molecule has 32 heavy (non-hydrogen) atoms. The van der Waals surface area contributed by atoms with Gasteiger partial charge in [0.1, 0.15) is 10.6 Å². The molecule has 0 aliphatic rings. The molecule has 0 unspecified atom stereocenters. The van der Waals surface area contributed by atoms with Crippen molar-refractivity contribution in [2.45, 2.75) is 18.1 Å². The van der Waals surface area contributed by atoms with Crippen LogP contribution in [0.3, 0.4) is 0 Å². The molecule has 13 heteroatoms. The molecule has 0 bridgehead atoms.